The van der Waals surface area contributed by atoms with Crippen LogP contribution in [0.3, 0.4) is 0 Å². The molecule has 26 heavy (non-hydrogen) atoms. The van der Waals surface area contributed by atoms with Gasteiger partial charge >= 0.3 is 0 Å². The molecule has 1 aliphatic rings. The number of halogens is 2. The molecule has 1 fully saturated rings. The number of carbonyl (C=O) groups excluding carboxylic acids is 1. The van der Waals surface area contributed by atoms with Gasteiger partial charge in [-0.05, 0) is 46.1 Å². The first-order valence-electron chi connectivity index (χ1n) is 8.30. The van der Waals surface area contributed by atoms with Crippen LogP contribution in [0, 0.1) is 5.82 Å². The Balaban J connectivity index is 1.58. The summed E-state index contributed by atoms with van der Waals surface area (Å²) >= 11 is 3.15. The molecule has 4 nitrogen and oxygen atoms in total. The van der Waals surface area contributed by atoms with Crippen molar-refractivity contribution in [3.63, 3.8) is 0 Å². The van der Waals surface area contributed by atoms with Crippen molar-refractivity contribution in [2.24, 2.45) is 7.05 Å². The molecule has 0 spiro atoms. The molecule has 0 bridgehead atoms. The summed E-state index contributed by atoms with van der Waals surface area (Å²) in [5.74, 6) is -0.411. The Morgan fingerprint density at radius 3 is 2.69 bits per heavy atom. The molecular weight excluding hydrogens is 399 g/mol. The highest BCUT2D eigenvalue weighted by molar-refractivity contribution is 9.10. The maximum Gasteiger partial charge on any atom is 0.258 e. The Hall–Kier alpha value is -2.47. The van der Waals surface area contributed by atoms with Gasteiger partial charge in [0.15, 0.2) is 0 Å². The first kappa shape index (κ1) is 17.0. The molecule has 4 rings (SSSR count). The van der Waals surface area contributed by atoms with Gasteiger partial charge in [0.2, 0.25) is 0 Å². The van der Waals surface area contributed by atoms with Gasteiger partial charge in [-0.15, -0.1) is 0 Å². The molecule has 1 saturated carbocycles. The summed E-state index contributed by atoms with van der Waals surface area (Å²) in [6.45, 7) is 0. The number of amides is 1. The fourth-order valence-corrected chi connectivity index (χ4v) is 3.56. The molecule has 0 saturated heterocycles. The van der Waals surface area contributed by atoms with Gasteiger partial charge < -0.3 is 9.88 Å². The lowest BCUT2D eigenvalue weighted by Gasteiger charge is -2.10. The second-order valence-corrected chi connectivity index (χ2v) is 7.45. The minimum absolute atomic E-state index is 0.0286. The molecule has 0 unspecified atom stereocenters. The fraction of sp³-hybridized carbons (Fsp3) is 0.200. The minimum Gasteiger partial charge on any atom is -0.349 e. The number of hydrogen-bond acceptors (Lipinski definition) is 2. The van der Waals surface area contributed by atoms with Gasteiger partial charge in [0.1, 0.15) is 5.82 Å². The average molecular weight is 415 g/mol. The van der Waals surface area contributed by atoms with E-state index in [0.717, 1.165) is 12.0 Å². The smallest absolute Gasteiger partial charge is 0.258 e. The Labute approximate surface area is 157 Å². The summed E-state index contributed by atoms with van der Waals surface area (Å²) in [4.78, 5) is 25.0. The van der Waals surface area contributed by atoms with Gasteiger partial charge in [0.05, 0.1) is 10.0 Å². The van der Waals surface area contributed by atoms with E-state index in [1.54, 1.807) is 37.5 Å². The predicted octanol–water partition coefficient (Wildman–Crippen LogP) is 3.73. The monoisotopic (exact) mass is 414 g/mol. The maximum absolute atomic E-state index is 13.7. The molecule has 1 heterocycles. The summed E-state index contributed by atoms with van der Waals surface area (Å²) in [6, 6.07) is 12.1. The highest BCUT2D eigenvalue weighted by Crippen LogP contribution is 2.41. The number of benzene rings is 2. The number of rotatable bonds is 3. The highest BCUT2D eigenvalue weighted by Gasteiger charge is 2.40. The van der Waals surface area contributed by atoms with Crippen LogP contribution in [-0.2, 0) is 7.05 Å². The normalized spacial score (nSPS) is 18.7. The number of hydrogen-bond donors (Lipinski definition) is 1. The van der Waals surface area contributed by atoms with Crippen LogP contribution < -0.4 is 10.9 Å². The number of carbonyl (C=O) groups is 1. The number of nitrogens with one attached hydrogen (secondary N) is 1. The molecule has 2 atom stereocenters. The summed E-state index contributed by atoms with van der Waals surface area (Å²) < 4.78 is 15.6. The first-order valence-corrected chi connectivity index (χ1v) is 9.09. The molecule has 0 aliphatic heterocycles. The third-order valence-electron chi connectivity index (χ3n) is 4.81. The van der Waals surface area contributed by atoms with Gasteiger partial charge in [-0.25, -0.2) is 4.39 Å². The van der Waals surface area contributed by atoms with Crippen molar-refractivity contribution in [2.75, 3.05) is 0 Å². The van der Waals surface area contributed by atoms with E-state index in [1.807, 2.05) is 12.1 Å². The van der Waals surface area contributed by atoms with Crippen molar-refractivity contribution in [1.29, 1.82) is 0 Å². The van der Waals surface area contributed by atoms with E-state index in [9.17, 15) is 14.0 Å². The lowest BCUT2D eigenvalue weighted by atomic mass is 10.1. The molecule has 2 aromatic carbocycles. The van der Waals surface area contributed by atoms with E-state index in [4.69, 9.17) is 0 Å². The number of pyridine rings is 1. The van der Waals surface area contributed by atoms with E-state index in [1.165, 1.54) is 10.6 Å². The SMILES string of the molecule is Cn1cc(C(=O)N[C@@H]2C[C@H]2c2ccc(Br)c(F)c2)c2ccccc2c1=O. The summed E-state index contributed by atoms with van der Waals surface area (Å²) in [5, 5.41) is 4.16. The fourth-order valence-electron chi connectivity index (χ4n) is 3.31. The summed E-state index contributed by atoms with van der Waals surface area (Å²) in [7, 11) is 1.64. The van der Waals surface area contributed by atoms with Crippen molar-refractivity contribution in [1.82, 2.24) is 9.88 Å². The van der Waals surface area contributed by atoms with E-state index < -0.39 is 0 Å². The molecule has 0 radical (unpaired) electrons. The summed E-state index contributed by atoms with van der Waals surface area (Å²) in [5.41, 5.74) is 1.21. The minimum atomic E-state index is -0.302. The van der Waals surface area contributed by atoms with Gasteiger partial charge in [-0.2, -0.15) is 0 Å². The van der Waals surface area contributed by atoms with Crippen LogP contribution >= 0.6 is 15.9 Å². The van der Waals surface area contributed by atoms with Gasteiger partial charge in [0.25, 0.3) is 11.5 Å². The molecule has 1 aromatic heterocycles. The zero-order valence-corrected chi connectivity index (χ0v) is 15.6. The zero-order valence-electron chi connectivity index (χ0n) is 14.0. The topological polar surface area (TPSA) is 51.1 Å². The Morgan fingerprint density at radius 2 is 1.96 bits per heavy atom. The standard InChI is InChI=1S/C20H16BrFN2O2/c1-24-10-15(12-4-2-3-5-13(12)20(24)26)19(25)23-18-9-14(18)11-6-7-16(21)17(22)8-11/h2-8,10,14,18H,9H2,1H3,(H,23,25)/t14-,18+/m0/s1. The molecule has 6 heteroatoms. The van der Waals surface area contributed by atoms with Crippen LogP contribution in [0.25, 0.3) is 10.8 Å². The van der Waals surface area contributed by atoms with Crippen molar-refractivity contribution < 1.29 is 9.18 Å². The van der Waals surface area contributed by atoms with Crippen LogP contribution in [0.1, 0.15) is 28.3 Å². The van der Waals surface area contributed by atoms with Crippen LogP contribution in [-0.4, -0.2) is 16.5 Å². The van der Waals surface area contributed by atoms with Crippen molar-refractivity contribution in [3.8, 4) is 0 Å². The number of fused-ring (bicyclic) bond motifs is 1. The number of aryl methyl sites for hydroxylation is 1. The third-order valence-corrected chi connectivity index (χ3v) is 5.46. The number of aromatic nitrogens is 1. The number of nitrogens with zero attached hydrogens (tertiary/aromatic N) is 1. The van der Waals surface area contributed by atoms with Gasteiger partial charge in [0, 0.05) is 36.0 Å². The van der Waals surface area contributed by atoms with E-state index in [0.29, 0.717) is 20.8 Å². The summed E-state index contributed by atoms with van der Waals surface area (Å²) in [6.07, 6.45) is 2.34. The van der Waals surface area contributed by atoms with Crippen molar-refractivity contribution in [2.45, 2.75) is 18.4 Å². The highest BCUT2D eigenvalue weighted by atomic mass is 79.9. The molecule has 1 aliphatic carbocycles. The maximum atomic E-state index is 13.7. The lowest BCUT2D eigenvalue weighted by Crippen LogP contribution is -2.29. The zero-order chi connectivity index (χ0) is 18.4. The predicted molar refractivity (Wildman–Crippen MR) is 102 cm³/mol. The molecular formula is C20H16BrFN2O2. The van der Waals surface area contributed by atoms with Gasteiger partial charge in [-0.3, -0.25) is 9.59 Å². The van der Waals surface area contributed by atoms with Crippen LogP contribution in [0.15, 0.2) is 57.9 Å². The average Bonchev–Trinajstić information content (AvgIpc) is 3.39. The van der Waals surface area contributed by atoms with Crippen molar-refractivity contribution >= 4 is 32.6 Å². The molecule has 3 aromatic rings. The lowest BCUT2D eigenvalue weighted by molar-refractivity contribution is 0.0951. The first-order chi connectivity index (χ1) is 12.5. The molecule has 1 N–H and O–H groups in total. The van der Waals surface area contributed by atoms with Gasteiger partial charge in [-0.1, -0.05) is 24.3 Å². The van der Waals surface area contributed by atoms with E-state index >= 15 is 0 Å². The quantitative estimate of drug-likeness (QED) is 0.709. The second-order valence-electron chi connectivity index (χ2n) is 6.60. The van der Waals surface area contributed by atoms with Crippen LogP contribution in [0.5, 0.6) is 0 Å². The van der Waals surface area contributed by atoms with Crippen molar-refractivity contribution in [3.05, 3.63) is 80.4 Å². The van der Waals surface area contributed by atoms with E-state index in [-0.39, 0.29) is 29.2 Å². The molecule has 132 valence electrons. The van der Waals surface area contributed by atoms with Crippen LogP contribution in [0.2, 0.25) is 0 Å². The van der Waals surface area contributed by atoms with Crippen LogP contribution in [0.4, 0.5) is 4.39 Å². The second kappa shape index (κ2) is 6.36. The van der Waals surface area contributed by atoms with E-state index in [2.05, 4.69) is 21.2 Å². The Morgan fingerprint density at radius 1 is 1.23 bits per heavy atom. The molecule has 1 amide bonds. The Bertz CT molecular complexity index is 1090. The Kier molecular flexibility index (Phi) is 4.15. The largest absolute Gasteiger partial charge is 0.349 e. The third kappa shape index (κ3) is 2.94.